The van der Waals surface area contributed by atoms with E-state index in [-0.39, 0.29) is 0 Å². The number of hydrogen-bond acceptors (Lipinski definition) is 4. The number of nitrogens with two attached hydrogens (primary N) is 1. The van der Waals surface area contributed by atoms with Gasteiger partial charge in [0.2, 0.25) is 0 Å². The fourth-order valence-corrected chi connectivity index (χ4v) is 2.38. The Bertz CT molecular complexity index is 595. The summed E-state index contributed by atoms with van der Waals surface area (Å²) in [6.07, 6.45) is 5.71. The van der Waals surface area contributed by atoms with Crippen molar-refractivity contribution in [1.82, 2.24) is 9.97 Å². The Hall–Kier alpha value is -1.75. The number of aromatic nitrogens is 2. The molecular weight excluding hydrogens is 268 g/mol. The fraction of sp³-hybridized carbons (Fsp3) is 0.400. The molecule has 2 aromatic heterocycles. The van der Waals surface area contributed by atoms with Crippen LogP contribution in [0.15, 0.2) is 34.5 Å². The van der Waals surface area contributed by atoms with E-state index in [1.165, 1.54) is 16.7 Å². The van der Waals surface area contributed by atoms with Crippen LogP contribution in [0.5, 0.6) is 0 Å². The standard InChI is InChI=1S/C8H16N2.C7H6N2S/c1-4-5-7(2)6-10-8(3)9;1-5-7-6(2-3-10-7)9-4-8-5/h6H,4-5H2,1-3H3,(H2,9,10);2-4H,1H3/b7-6+;. The van der Waals surface area contributed by atoms with E-state index in [0.717, 1.165) is 17.6 Å². The maximum Gasteiger partial charge on any atom is 0.116 e. The zero-order valence-corrected chi connectivity index (χ0v) is 13.4. The number of amidine groups is 1. The van der Waals surface area contributed by atoms with Gasteiger partial charge in [-0.2, -0.15) is 0 Å². The van der Waals surface area contributed by atoms with Crippen molar-refractivity contribution in [1.29, 1.82) is 0 Å². The van der Waals surface area contributed by atoms with E-state index in [1.54, 1.807) is 24.6 Å². The van der Waals surface area contributed by atoms with Gasteiger partial charge < -0.3 is 5.73 Å². The Morgan fingerprint density at radius 3 is 2.75 bits per heavy atom. The average molecular weight is 290 g/mol. The van der Waals surface area contributed by atoms with Crippen molar-refractivity contribution in [2.45, 2.75) is 40.5 Å². The molecule has 0 aliphatic rings. The molecule has 0 unspecified atom stereocenters. The van der Waals surface area contributed by atoms with Gasteiger partial charge in [-0.3, -0.25) is 0 Å². The number of thiophene rings is 1. The van der Waals surface area contributed by atoms with E-state index in [1.807, 2.05) is 24.6 Å². The normalized spacial score (nSPS) is 12.2. The van der Waals surface area contributed by atoms with Crippen LogP contribution in [0.1, 0.15) is 39.3 Å². The number of aryl methyl sites for hydroxylation is 1. The number of hydrogen-bond donors (Lipinski definition) is 1. The first-order valence-corrected chi connectivity index (χ1v) is 7.52. The van der Waals surface area contributed by atoms with Gasteiger partial charge in [0.1, 0.15) is 6.33 Å². The SMILES string of the molecule is CCC/C(C)=C/N=C(C)N.Cc1ncnc2ccsc12. The number of fused-ring (bicyclic) bond motifs is 1. The third kappa shape index (κ3) is 5.48. The summed E-state index contributed by atoms with van der Waals surface area (Å²) in [6.45, 7) is 8.00. The van der Waals surface area contributed by atoms with Crippen LogP contribution in [0.4, 0.5) is 0 Å². The Kier molecular flexibility index (Phi) is 6.87. The molecule has 5 heteroatoms. The Balaban J connectivity index is 0.000000200. The molecule has 0 saturated heterocycles. The van der Waals surface area contributed by atoms with Crippen LogP contribution in [0.3, 0.4) is 0 Å². The lowest BCUT2D eigenvalue weighted by atomic mass is 10.2. The van der Waals surface area contributed by atoms with Gasteiger partial charge in [-0.15, -0.1) is 11.3 Å². The minimum Gasteiger partial charge on any atom is -0.387 e. The first-order chi connectivity index (χ1) is 9.54. The van der Waals surface area contributed by atoms with E-state index in [4.69, 9.17) is 5.73 Å². The second-order valence-electron chi connectivity index (χ2n) is 4.59. The molecule has 0 aliphatic heterocycles. The first-order valence-electron chi connectivity index (χ1n) is 6.65. The highest BCUT2D eigenvalue weighted by molar-refractivity contribution is 7.17. The van der Waals surface area contributed by atoms with Crippen molar-refractivity contribution in [3.8, 4) is 0 Å². The molecule has 0 fully saturated rings. The van der Waals surface area contributed by atoms with Crippen molar-refractivity contribution < 1.29 is 0 Å². The molecule has 2 N–H and O–H groups in total. The number of aliphatic imine (C=N–C) groups is 1. The van der Waals surface area contributed by atoms with Gasteiger partial charge in [-0.05, 0) is 38.6 Å². The average Bonchev–Trinajstić information content (AvgIpc) is 2.87. The third-order valence-corrected chi connectivity index (χ3v) is 3.57. The maximum atomic E-state index is 5.34. The zero-order valence-electron chi connectivity index (χ0n) is 12.6. The molecule has 108 valence electrons. The van der Waals surface area contributed by atoms with E-state index in [0.29, 0.717) is 5.84 Å². The lowest BCUT2D eigenvalue weighted by Crippen LogP contribution is -2.03. The van der Waals surface area contributed by atoms with Crippen LogP contribution in [0.25, 0.3) is 10.2 Å². The van der Waals surface area contributed by atoms with Crippen molar-refractivity contribution in [3.63, 3.8) is 0 Å². The second kappa shape index (κ2) is 8.43. The van der Waals surface area contributed by atoms with Gasteiger partial charge >= 0.3 is 0 Å². The molecule has 20 heavy (non-hydrogen) atoms. The summed E-state index contributed by atoms with van der Waals surface area (Å²) in [5.41, 5.74) is 8.75. The largest absolute Gasteiger partial charge is 0.387 e. The van der Waals surface area contributed by atoms with E-state index in [9.17, 15) is 0 Å². The van der Waals surface area contributed by atoms with E-state index < -0.39 is 0 Å². The van der Waals surface area contributed by atoms with Crippen LogP contribution in [-0.4, -0.2) is 15.8 Å². The van der Waals surface area contributed by atoms with Crippen LogP contribution >= 0.6 is 11.3 Å². The quantitative estimate of drug-likeness (QED) is 0.684. The number of nitrogens with zero attached hydrogens (tertiary/aromatic N) is 3. The molecule has 2 rings (SSSR count). The monoisotopic (exact) mass is 290 g/mol. The summed E-state index contributed by atoms with van der Waals surface area (Å²) < 4.78 is 1.20. The summed E-state index contributed by atoms with van der Waals surface area (Å²) in [5, 5.41) is 2.03. The van der Waals surface area contributed by atoms with Gasteiger partial charge in [0.15, 0.2) is 0 Å². The summed E-state index contributed by atoms with van der Waals surface area (Å²) >= 11 is 1.69. The Labute approximate surface area is 124 Å². The topological polar surface area (TPSA) is 64.2 Å². The molecule has 0 amide bonds. The predicted molar refractivity (Wildman–Crippen MR) is 88.1 cm³/mol. The Morgan fingerprint density at radius 2 is 2.15 bits per heavy atom. The summed E-state index contributed by atoms with van der Waals surface area (Å²) in [5.74, 6) is 0.621. The van der Waals surface area contributed by atoms with Crippen LogP contribution < -0.4 is 5.73 Å². The summed E-state index contributed by atoms with van der Waals surface area (Å²) in [4.78, 5) is 12.2. The molecule has 0 aliphatic carbocycles. The van der Waals surface area contributed by atoms with Crippen molar-refractivity contribution in [2.24, 2.45) is 10.7 Å². The number of rotatable bonds is 3. The van der Waals surface area contributed by atoms with Crippen molar-refractivity contribution >= 4 is 27.4 Å². The molecule has 4 nitrogen and oxygen atoms in total. The minimum atomic E-state index is 0.621. The fourth-order valence-electron chi connectivity index (χ4n) is 1.58. The third-order valence-electron chi connectivity index (χ3n) is 2.55. The minimum absolute atomic E-state index is 0.621. The zero-order chi connectivity index (χ0) is 15.0. The molecule has 0 spiro atoms. The first kappa shape index (κ1) is 16.3. The van der Waals surface area contributed by atoms with Crippen molar-refractivity contribution in [3.05, 3.63) is 35.2 Å². The predicted octanol–water partition coefficient (Wildman–Crippen LogP) is 4.07. The summed E-state index contributed by atoms with van der Waals surface area (Å²) in [6, 6.07) is 2.01. The maximum absolute atomic E-state index is 5.34. The molecule has 0 atom stereocenters. The van der Waals surface area contributed by atoms with E-state index >= 15 is 0 Å². The van der Waals surface area contributed by atoms with Crippen LogP contribution in [0, 0.1) is 6.92 Å². The highest BCUT2D eigenvalue weighted by Gasteiger charge is 1.97. The molecule has 0 aromatic carbocycles. The highest BCUT2D eigenvalue weighted by atomic mass is 32.1. The van der Waals surface area contributed by atoms with Crippen LogP contribution in [-0.2, 0) is 0 Å². The van der Waals surface area contributed by atoms with Gasteiger partial charge in [0.25, 0.3) is 0 Å². The molecule has 2 aromatic rings. The molecule has 0 bridgehead atoms. The molecular formula is C15H22N4S. The lowest BCUT2D eigenvalue weighted by Gasteiger charge is -1.93. The molecule has 0 saturated carbocycles. The van der Waals surface area contributed by atoms with Gasteiger partial charge in [-0.25, -0.2) is 15.0 Å². The van der Waals surface area contributed by atoms with Gasteiger partial charge in [0, 0.05) is 6.20 Å². The van der Waals surface area contributed by atoms with Crippen molar-refractivity contribution in [2.75, 3.05) is 0 Å². The molecule has 2 heterocycles. The highest BCUT2D eigenvalue weighted by Crippen LogP contribution is 2.19. The smallest absolute Gasteiger partial charge is 0.116 e. The van der Waals surface area contributed by atoms with Crippen LogP contribution in [0.2, 0.25) is 0 Å². The van der Waals surface area contributed by atoms with E-state index in [2.05, 4.69) is 28.8 Å². The Morgan fingerprint density at radius 1 is 1.40 bits per heavy atom. The number of allylic oxidation sites excluding steroid dienone is 1. The van der Waals surface area contributed by atoms with Gasteiger partial charge in [0.05, 0.1) is 21.7 Å². The summed E-state index contributed by atoms with van der Waals surface area (Å²) in [7, 11) is 0. The lowest BCUT2D eigenvalue weighted by molar-refractivity contribution is 0.901. The van der Waals surface area contributed by atoms with Gasteiger partial charge in [-0.1, -0.05) is 18.9 Å². The molecule has 0 radical (unpaired) electrons. The second-order valence-corrected chi connectivity index (χ2v) is 5.51.